The number of hydrogen-bond donors (Lipinski definition) is 1. The molecule has 0 saturated heterocycles. The third kappa shape index (κ3) is 3.55. The highest BCUT2D eigenvalue weighted by Crippen LogP contribution is 2.66. The molecule has 3 heteroatoms. The maximum Gasteiger partial charge on any atom is 0.146 e. The summed E-state index contributed by atoms with van der Waals surface area (Å²) in [6.45, 7) is 9.73. The molecule has 3 saturated carbocycles. The molecule has 8 atom stereocenters. The van der Waals surface area contributed by atoms with Crippen molar-refractivity contribution < 1.29 is 14.6 Å². The minimum atomic E-state index is -0.319. The molecule has 0 radical (unpaired) electrons. The molecule has 4 rings (SSSR count). The van der Waals surface area contributed by atoms with Crippen LogP contribution in [0.3, 0.4) is 0 Å². The molecule has 168 valence electrons. The number of ether oxygens (including phenoxy) is 2. The fourth-order valence-electron chi connectivity index (χ4n) is 7.79. The molecule has 8 unspecified atom stereocenters. The van der Waals surface area contributed by atoms with E-state index in [9.17, 15) is 5.11 Å². The van der Waals surface area contributed by atoms with Gasteiger partial charge in [-0.15, -0.1) is 0 Å². The molecular weight excluding hydrogens is 372 g/mol. The Kier molecular flexibility index (Phi) is 6.36. The molecule has 3 fully saturated rings. The normalized spacial score (nSPS) is 42.7. The topological polar surface area (TPSA) is 38.7 Å². The quantitative estimate of drug-likeness (QED) is 0.425. The zero-order chi connectivity index (χ0) is 21.5. The highest BCUT2D eigenvalue weighted by atomic mass is 16.7. The molecule has 0 bridgehead atoms. The van der Waals surface area contributed by atoms with Crippen molar-refractivity contribution >= 4 is 0 Å². The van der Waals surface area contributed by atoms with Crippen LogP contribution in [0, 0.1) is 34.5 Å². The van der Waals surface area contributed by atoms with Crippen LogP contribution in [0.5, 0.6) is 0 Å². The maximum atomic E-state index is 10.7. The summed E-state index contributed by atoms with van der Waals surface area (Å²) in [5.74, 6) is 2.30. The zero-order valence-corrected chi connectivity index (χ0v) is 19.7. The largest absolute Gasteiger partial charge is 0.389 e. The summed E-state index contributed by atoms with van der Waals surface area (Å²) in [5, 5.41) is 10.7. The van der Waals surface area contributed by atoms with Crippen LogP contribution in [0.4, 0.5) is 0 Å². The number of rotatable bonds is 6. The zero-order valence-electron chi connectivity index (χ0n) is 19.7. The molecule has 4 aliphatic carbocycles. The molecule has 0 spiro atoms. The number of fused-ring (bicyclic) bond motifs is 5. The van der Waals surface area contributed by atoms with Crippen LogP contribution in [0.1, 0.15) is 72.6 Å². The molecule has 0 aromatic carbocycles. The van der Waals surface area contributed by atoms with Gasteiger partial charge in [0, 0.05) is 7.11 Å². The number of aliphatic hydroxyl groups is 1. The first-order chi connectivity index (χ1) is 14.3. The Morgan fingerprint density at radius 3 is 2.67 bits per heavy atom. The molecular formula is C27H42O3. The van der Waals surface area contributed by atoms with Crippen molar-refractivity contribution in [3.05, 3.63) is 35.5 Å². The van der Waals surface area contributed by atoms with Crippen molar-refractivity contribution in [2.45, 2.75) is 84.8 Å². The van der Waals surface area contributed by atoms with Crippen LogP contribution in [-0.4, -0.2) is 31.2 Å². The summed E-state index contributed by atoms with van der Waals surface area (Å²) in [6.07, 6.45) is 17.4. The molecule has 3 nitrogen and oxygen atoms in total. The lowest BCUT2D eigenvalue weighted by Crippen LogP contribution is -2.47. The second kappa shape index (κ2) is 8.56. The average Bonchev–Trinajstić information content (AvgIpc) is 3.09. The van der Waals surface area contributed by atoms with E-state index in [1.54, 1.807) is 18.3 Å². The van der Waals surface area contributed by atoms with Crippen molar-refractivity contribution in [3.63, 3.8) is 0 Å². The standard InChI is InChI=1S/C27H42O3/c1-6-7-25(28)18(2)22-10-11-23-21-9-8-19-16-20(30-17-29-5)12-14-26(19,3)24(21)13-15-27(22,23)4/h6-9,18,20,22-25,28H,10-17H2,1-5H3/b7-6+. The van der Waals surface area contributed by atoms with Crippen molar-refractivity contribution in [1.29, 1.82) is 0 Å². The minimum Gasteiger partial charge on any atom is -0.389 e. The first-order valence-electron chi connectivity index (χ1n) is 12.2. The lowest BCUT2D eigenvalue weighted by atomic mass is 9.50. The van der Waals surface area contributed by atoms with Gasteiger partial charge in [0.1, 0.15) is 6.79 Å². The Balaban J connectivity index is 1.57. The van der Waals surface area contributed by atoms with E-state index in [-0.39, 0.29) is 6.10 Å². The van der Waals surface area contributed by atoms with Gasteiger partial charge < -0.3 is 14.6 Å². The lowest BCUT2D eigenvalue weighted by Gasteiger charge is -2.55. The fourth-order valence-corrected chi connectivity index (χ4v) is 7.79. The Labute approximate surface area is 183 Å². The Morgan fingerprint density at radius 1 is 1.13 bits per heavy atom. The second-order valence-electron chi connectivity index (χ2n) is 10.9. The lowest BCUT2D eigenvalue weighted by molar-refractivity contribution is -0.0866. The van der Waals surface area contributed by atoms with Gasteiger partial charge in [0.15, 0.2) is 0 Å². The van der Waals surface area contributed by atoms with Gasteiger partial charge >= 0.3 is 0 Å². The van der Waals surface area contributed by atoms with Gasteiger partial charge in [0.05, 0.1) is 12.2 Å². The van der Waals surface area contributed by atoms with E-state index in [1.807, 2.05) is 19.1 Å². The van der Waals surface area contributed by atoms with Crippen LogP contribution < -0.4 is 0 Å². The van der Waals surface area contributed by atoms with E-state index in [4.69, 9.17) is 9.47 Å². The van der Waals surface area contributed by atoms with Crippen LogP contribution >= 0.6 is 0 Å². The fraction of sp³-hybridized carbons (Fsp3) is 0.778. The summed E-state index contributed by atoms with van der Waals surface area (Å²) in [6, 6.07) is 0. The van der Waals surface area contributed by atoms with Gasteiger partial charge in [-0.2, -0.15) is 0 Å². The SMILES string of the molecule is C/C=C/C(O)C(C)C1CCC2C3=CC=C4CC(OCOC)CCC4(C)C3CCC21C. The van der Waals surface area contributed by atoms with Crippen LogP contribution in [0.15, 0.2) is 35.5 Å². The first-order valence-corrected chi connectivity index (χ1v) is 12.2. The molecule has 0 aromatic heterocycles. The summed E-state index contributed by atoms with van der Waals surface area (Å²) in [7, 11) is 1.70. The van der Waals surface area contributed by atoms with E-state index in [0.717, 1.165) is 12.8 Å². The van der Waals surface area contributed by atoms with Crippen LogP contribution in [-0.2, 0) is 9.47 Å². The van der Waals surface area contributed by atoms with Gasteiger partial charge in [-0.1, -0.05) is 56.2 Å². The van der Waals surface area contributed by atoms with Gasteiger partial charge in [-0.25, -0.2) is 0 Å². The van der Waals surface area contributed by atoms with Crippen molar-refractivity contribution in [1.82, 2.24) is 0 Å². The second-order valence-corrected chi connectivity index (χ2v) is 10.9. The number of aliphatic hydroxyl groups excluding tert-OH is 1. The highest BCUT2D eigenvalue weighted by molar-refractivity contribution is 5.39. The first kappa shape index (κ1) is 22.3. The minimum absolute atomic E-state index is 0.298. The molecule has 30 heavy (non-hydrogen) atoms. The third-order valence-corrected chi connectivity index (χ3v) is 9.58. The molecule has 0 aliphatic heterocycles. The highest BCUT2D eigenvalue weighted by Gasteiger charge is 2.57. The van der Waals surface area contributed by atoms with Gasteiger partial charge in [0.25, 0.3) is 0 Å². The average molecular weight is 415 g/mol. The van der Waals surface area contributed by atoms with Gasteiger partial charge in [-0.3, -0.25) is 0 Å². The molecule has 0 amide bonds. The Hall–Kier alpha value is -0.900. The van der Waals surface area contributed by atoms with E-state index >= 15 is 0 Å². The summed E-state index contributed by atoms with van der Waals surface area (Å²) in [4.78, 5) is 0. The van der Waals surface area contributed by atoms with E-state index in [2.05, 4.69) is 32.9 Å². The number of allylic oxidation sites excluding steroid dienone is 4. The van der Waals surface area contributed by atoms with Gasteiger partial charge in [-0.05, 0) is 86.4 Å². The van der Waals surface area contributed by atoms with Crippen LogP contribution in [0.25, 0.3) is 0 Å². The molecule has 0 heterocycles. The summed E-state index contributed by atoms with van der Waals surface area (Å²) < 4.78 is 11.1. The summed E-state index contributed by atoms with van der Waals surface area (Å²) in [5.41, 5.74) is 3.94. The van der Waals surface area contributed by atoms with Crippen molar-refractivity contribution in [2.75, 3.05) is 13.9 Å². The number of hydrogen-bond acceptors (Lipinski definition) is 3. The van der Waals surface area contributed by atoms with E-state index in [1.165, 1.54) is 32.1 Å². The van der Waals surface area contributed by atoms with Gasteiger partial charge in [0.2, 0.25) is 0 Å². The molecule has 1 N–H and O–H groups in total. The molecule has 4 aliphatic rings. The van der Waals surface area contributed by atoms with Crippen molar-refractivity contribution in [2.24, 2.45) is 34.5 Å². The monoisotopic (exact) mass is 414 g/mol. The third-order valence-electron chi connectivity index (χ3n) is 9.58. The number of methoxy groups -OCH3 is 1. The van der Waals surface area contributed by atoms with Crippen molar-refractivity contribution in [3.8, 4) is 0 Å². The smallest absolute Gasteiger partial charge is 0.146 e. The predicted molar refractivity (Wildman–Crippen MR) is 122 cm³/mol. The Bertz CT molecular complexity index is 722. The summed E-state index contributed by atoms with van der Waals surface area (Å²) >= 11 is 0. The van der Waals surface area contributed by atoms with E-state index in [0.29, 0.717) is 47.4 Å². The maximum absolute atomic E-state index is 10.7. The Morgan fingerprint density at radius 2 is 1.93 bits per heavy atom. The van der Waals surface area contributed by atoms with E-state index < -0.39 is 0 Å². The molecule has 0 aromatic rings. The predicted octanol–water partition coefficient (Wildman–Crippen LogP) is 6.05. The van der Waals surface area contributed by atoms with Crippen LogP contribution in [0.2, 0.25) is 0 Å².